The largest absolute Gasteiger partial charge is 0.481 e. The quantitative estimate of drug-likeness (QED) is 0.786. The number of nitrogens with zero attached hydrogens (tertiary/aromatic N) is 1. The van der Waals surface area contributed by atoms with E-state index < -0.39 is 11.4 Å². The topological polar surface area (TPSA) is 57.6 Å². The molecule has 0 aliphatic heterocycles. The maximum absolute atomic E-state index is 12.1. The molecule has 0 aromatic carbocycles. The predicted octanol–water partition coefficient (Wildman–Crippen LogP) is 2.67. The van der Waals surface area contributed by atoms with Crippen molar-refractivity contribution >= 4 is 11.9 Å². The third kappa shape index (κ3) is 3.47. The van der Waals surface area contributed by atoms with Gasteiger partial charge in [0.05, 0.1) is 5.41 Å². The summed E-state index contributed by atoms with van der Waals surface area (Å²) in [5.41, 5.74) is -0.823. The van der Waals surface area contributed by atoms with Gasteiger partial charge in [0.25, 0.3) is 0 Å². The van der Waals surface area contributed by atoms with Crippen LogP contribution in [0.3, 0.4) is 0 Å². The lowest BCUT2D eigenvalue weighted by Gasteiger charge is -2.31. The van der Waals surface area contributed by atoms with Crippen molar-refractivity contribution in [1.29, 1.82) is 0 Å². The molecule has 104 valence electrons. The summed E-state index contributed by atoms with van der Waals surface area (Å²) in [7, 11) is 1.75. The first kappa shape index (κ1) is 15.0. The summed E-state index contributed by atoms with van der Waals surface area (Å²) in [6.07, 6.45) is 5.44. The Morgan fingerprint density at radius 3 is 2.06 bits per heavy atom. The van der Waals surface area contributed by atoms with Gasteiger partial charge in [-0.3, -0.25) is 9.59 Å². The highest BCUT2D eigenvalue weighted by atomic mass is 16.4. The third-order valence-corrected chi connectivity index (χ3v) is 4.17. The Labute approximate surface area is 109 Å². The van der Waals surface area contributed by atoms with Gasteiger partial charge in [0, 0.05) is 19.5 Å². The molecule has 1 amide bonds. The number of amides is 1. The minimum absolute atomic E-state index is 0.0469. The van der Waals surface area contributed by atoms with Crippen molar-refractivity contribution in [2.45, 2.75) is 64.8 Å². The summed E-state index contributed by atoms with van der Waals surface area (Å²) in [6.45, 7) is 3.89. The maximum Gasteiger partial charge on any atom is 0.310 e. The lowest BCUT2D eigenvalue weighted by molar-refractivity contribution is -0.154. The molecule has 0 unspecified atom stereocenters. The molecule has 0 bridgehead atoms. The summed E-state index contributed by atoms with van der Waals surface area (Å²) >= 11 is 0. The summed E-state index contributed by atoms with van der Waals surface area (Å²) in [5, 5.41) is 9.51. The van der Waals surface area contributed by atoms with Crippen LogP contribution in [0.5, 0.6) is 0 Å². The van der Waals surface area contributed by atoms with E-state index in [4.69, 9.17) is 0 Å². The Morgan fingerprint density at radius 2 is 1.67 bits per heavy atom. The molecular weight excluding hydrogens is 230 g/mol. The molecule has 0 aromatic rings. The number of carboxylic acid groups (broad SMARTS) is 1. The van der Waals surface area contributed by atoms with Gasteiger partial charge in [-0.05, 0) is 26.7 Å². The van der Waals surface area contributed by atoms with Crippen LogP contribution >= 0.6 is 0 Å². The second kappa shape index (κ2) is 6.21. The summed E-state index contributed by atoms with van der Waals surface area (Å²) in [5.74, 6) is -0.843. The van der Waals surface area contributed by atoms with Gasteiger partial charge in [-0.2, -0.15) is 0 Å². The predicted molar refractivity (Wildman–Crippen MR) is 70.3 cm³/mol. The molecule has 1 aliphatic carbocycles. The molecule has 0 heterocycles. The first-order chi connectivity index (χ1) is 8.39. The van der Waals surface area contributed by atoms with E-state index in [9.17, 15) is 14.7 Å². The number of carbonyl (C=O) groups excluding carboxylic acids is 1. The zero-order chi connectivity index (χ0) is 13.8. The SMILES string of the molecule is CC(C)N(C)C(=O)CC1(C(=O)O)CCCCCC1. The second-order valence-electron chi connectivity index (χ2n) is 5.77. The van der Waals surface area contributed by atoms with Gasteiger partial charge < -0.3 is 10.0 Å². The highest BCUT2D eigenvalue weighted by molar-refractivity contribution is 5.85. The van der Waals surface area contributed by atoms with E-state index >= 15 is 0 Å². The van der Waals surface area contributed by atoms with Crippen LogP contribution in [0, 0.1) is 5.41 Å². The average molecular weight is 255 g/mol. The molecule has 1 aliphatic rings. The lowest BCUT2D eigenvalue weighted by Crippen LogP contribution is -2.40. The standard InChI is InChI=1S/C14H25NO3/c1-11(2)15(3)12(16)10-14(13(17)18)8-6-4-5-7-9-14/h11H,4-10H2,1-3H3,(H,17,18). The molecule has 0 saturated heterocycles. The Balaban J connectivity index is 2.79. The van der Waals surface area contributed by atoms with Crippen molar-refractivity contribution < 1.29 is 14.7 Å². The molecule has 0 spiro atoms. The third-order valence-electron chi connectivity index (χ3n) is 4.17. The number of rotatable bonds is 4. The molecule has 1 fully saturated rings. The van der Waals surface area contributed by atoms with Crippen LogP contribution in [0.1, 0.15) is 58.8 Å². The number of hydrogen-bond acceptors (Lipinski definition) is 2. The van der Waals surface area contributed by atoms with Gasteiger partial charge in [0.15, 0.2) is 0 Å². The average Bonchev–Trinajstić information content (AvgIpc) is 2.54. The van der Waals surface area contributed by atoms with Crippen molar-refractivity contribution in [1.82, 2.24) is 4.90 Å². The molecular formula is C14H25NO3. The van der Waals surface area contributed by atoms with E-state index in [1.165, 1.54) is 0 Å². The molecule has 0 radical (unpaired) electrons. The molecule has 4 nitrogen and oxygen atoms in total. The number of hydrogen-bond donors (Lipinski definition) is 1. The van der Waals surface area contributed by atoms with Crippen LogP contribution in [-0.2, 0) is 9.59 Å². The van der Waals surface area contributed by atoms with Crippen molar-refractivity contribution in [2.75, 3.05) is 7.05 Å². The highest BCUT2D eigenvalue weighted by Gasteiger charge is 2.41. The normalized spacial score (nSPS) is 19.3. The molecule has 1 saturated carbocycles. The minimum Gasteiger partial charge on any atom is -0.481 e. The fourth-order valence-corrected chi connectivity index (χ4v) is 2.57. The highest BCUT2D eigenvalue weighted by Crippen LogP contribution is 2.39. The molecule has 0 atom stereocenters. The Kier molecular flexibility index (Phi) is 5.17. The van der Waals surface area contributed by atoms with E-state index in [-0.39, 0.29) is 18.4 Å². The Morgan fingerprint density at radius 1 is 1.17 bits per heavy atom. The molecule has 1 rings (SSSR count). The Hall–Kier alpha value is -1.06. The molecule has 4 heteroatoms. The van der Waals surface area contributed by atoms with Crippen molar-refractivity contribution in [3.05, 3.63) is 0 Å². The van der Waals surface area contributed by atoms with E-state index in [1.807, 2.05) is 13.8 Å². The smallest absolute Gasteiger partial charge is 0.310 e. The number of carbonyl (C=O) groups is 2. The number of aliphatic carboxylic acids is 1. The van der Waals surface area contributed by atoms with Crippen LogP contribution in [0.4, 0.5) is 0 Å². The summed E-state index contributed by atoms with van der Waals surface area (Å²) < 4.78 is 0. The second-order valence-corrected chi connectivity index (χ2v) is 5.77. The van der Waals surface area contributed by atoms with Crippen molar-refractivity contribution in [3.8, 4) is 0 Å². The van der Waals surface area contributed by atoms with Gasteiger partial charge in [-0.25, -0.2) is 0 Å². The fourth-order valence-electron chi connectivity index (χ4n) is 2.57. The molecule has 1 N–H and O–H groups in total. The van der Waals surface area contributed by atoms with Gasteiger partial charge in [-0.1, -0.05) is 25.7 Å². The number of carboxylic acids is 1. The minimum atomic E-state index is -0.823. The van der Waals surface area contributed by atoms with E-state index in [0.717, 1.165) is 25.7 Å². The van der Waals surface area contributed by atoms with Crippen LogP contribution in [-0.4, -0.2) is 35.0 Å². The molecule has 18 heavy (non-hydrogen) atoms. The fraction of sp³-hybridized carbons (Fsp3) is 0.857. The van der Waals surface area contributed by atoms with Crippen molar-refractivity contribution in [2.24, 2.45) is 5.41 Å². The molecule has 0 aromatic heterocycles. The van der Waals surface area contributed by atoms with Crippen LogP contribution in [0.2, 0.25) is 0 Å². The monoisotopic (exact) mass is 255 g/mol. The Bertz CT molecular complexity index is 304. The zero-order valence-electron chi connectivity index (χ0n) is 11.7. The van der Waals surface area contributed by atoms with Crippen molar-refractivity contribution in [3.63, 3.8) is 0 Å². The van der Waals surface area contributed by atoms with Crippen LogP contribution in [0.15, 0.2) is 0 Å². The maximum atomic E-state index is 12.1. The summed E-state index contributed by atoms with van der Waals surface area (Å²) in [4.78, 5) is 25.4. The van der Waals surface area contributed by atoms with Gasteiger partial charge in [-0.15, -0.1) is 0 Å². The first-order valence-corrected chi connectivity index (χ1v) is 6.88. The lowest BCUT2D eigenvalue weighted by atomic mass is 9.77. The van der Waals surface area contributed by atoms with E-state index in [2.05, 4.69) is 0 Å². The zero-order valence-corrected chi connectivity index (χ0v) is 11.7. The van der Waals surface area contributed by atoms with Crippen LogP contribution in [0.25, 0.3) is 0 Å². The van der Waals surface area contributed by atoms with Gasteiger partial charge in [0.1, 0.15) is 0 Å². The van der Waals surface area contributed by atoms with E-state index in [1.54, 1.807) is 11.9 Å². The van der Waals surface area contributed by atoms with Gasteiger partial charge in [0.2, 0.25) is 5.91 Å². The first-order valence-electron chi connectivity index (χ1n) is 6.88. The van der Waals surface area contributed by atoms with Gasteiger partial charge >= 0.3 is 5.97 Å². The van der Waals surface area contributed by atoms with Crippen LogP contribution < -0.4 is 0 Å². The van der Waals surface area contributed by atoms with E-state index in [0.29, 0.717) is 12.8 Å². The summed E-state index contributed by atoms with van der Waals surface area (Å²) in [6, 6.07) is 0.120.